The second-order valence-corrected chi connectivity index (χ2v) is 10.0. The molecule has 32 heavy (non-hydrogen) atoms. The van der Waals surface area contributed by atoms with Crippen LogP contribution in [0.4, 0.5) is 0 Å². The van der Waals surface area contributed by atoms with Gasteiger partial charge in [-0.3, -0.25) is 14.5 Å². The Morgan fingerprint density at radius 3 is 2.47 bits per heavy atom. The molecular formula is C22H28N4O5S. The van der Waals surface area contributed by atoms with E-state index in [1.807, 2.05) is 0 Å². The fourth-order valence-electron chi connectivity index (χ4n) is 4.09. The van der Waals surface area contributed by atoms with Crippen molar-refractivity contribution in [1.82, 2.24) is 19.4 Å². The molecular weight excluding hydrogens is 432 g/mol. The largest absolute Gasteiger partial charge is 0.467 e. The fourth-order valence-corrected chi connectivity index (χ4v) is 5.54. The lowest BCUT2D eigenvalue weighted by Crippen LogP contribution is -2.50. The molecule has 9 nitrogen and oxygen atoms in total. The van der Waals surface area contributed by atoms with Crippen molar-refractivity contribution in [3.8, 4) is 0 Å². The predicted octanol–water partition coefficient (Wildman–Crippen LogP) is 0.751. The SMILES string of the molecule is O=C(NCc1ccco1)C1CC(=O)N(CCN2CCN(S(=O)(=O)c3ccccc3)CC2)C1. The topological polar surface area (TPSA) is 103 Å². The number of benzene rings is 1. The van der Waals surface area contributed by atoms with Crippen LogP contribution in [0.1, 0.15) is 12.2 Å². The minimum Gasteiger partial charge on any atom is -0.467 e. The van der Waals surface area contributed by atoms with Gasteiger partial charge in [-0.15, -0.1) is 0 Å². The van der Waals surface area contributed by atoms with Crippen LogP contribution in [0.15, 0.2) is 58.0 Å². The molecule has 0 saturated carbocycles. The number of carbonyl (C=O) groups is 2. The summed E-state index contributed by atoms with van der Waals surface area (Å²) in [6, 6.07) is 12.0. The number of nitrogens with one attached hydrogen (secondary N) is 1. The molecule has 0 spiro atoms. The van der Waals surface area contributed by atoms with Crippen LogP contribution < -0.4 is 5.32 Å². The number of furan rings is 1. The average Bonchev–Trinajstić information content (AvgIpc) is 3.46. The molecule has 1 aromatic carbocycles. The normalized spacial score (nSPS) is 20.6. The summed E-state index contributed by atoms with van der Waals surface area (Å²) in [6.45, 7) is 3.98. The van der Waals surface area contributed by atoms with E-state index in [0.29, 0.717) is 63.0 Å². The molecule has 0 aliphatic carbocycles. The zero-order chi connectivity index (χ0) is 22.6. The molecule has 1 aromatic heterocycles. The van der Waals surface area contributed by atoms with E-state index < -0.39 is 10.0 Å². The molecule has 0 radical (unpaired) electrons. The quantitative estimate of drug-likeness (QED) is 0.624. The molecule has 4 rings (SSSR count). The minimum atomic E-state index is -3.47. The van der Waals surface area contributed by atoms with Gasteiger partial charge in [-0.1, -0.05) is 18.2 Å². The summed E-state index contributed by atoms with van der Waals surface area (Å²) < 4.78 is 32.2. The number of rotatable bonds is 8. The Bertz CT molecular complexity index is 1020. The van der Waals surface area contributed by atoms with E-state index in [0.717, 1.165) is 0 Å². The lowest BCUT2D eigenvalue weighted by Gasteiger charge is -2.34. The monoisotopic (exact) mass is 460 g/mol. The van der Waals surface area contributed by atoms with Crippen LogP contribution in [0.5, 0.6) is 0 Å². The van der Waals surface area contributed by atoms with Gasteiger partial charge in [-0.2, -0.15) is 4.31 Å². The van der Waals surface area contributed by atoms with Crippen molar-refractivity contribution in [3.05, 3.63) is 54.5 Å². The van der Waals surface area contributed by atoms with Gasteiger partial charge in [0.1, 0.15) is 5.76 Å². The molecule has 172 valence electrons. The van der Waals surface area contributed by atoms with Crippen molar-refractivity contribution in [1.29, 1.82) is 0 Å². The number of carbonyl (C=O) groups excluding carboxylic acids is 2. The first kappa shape index (κ1) is 22.5. The zero-order valence-corrected chi connectivity index (χ0v) is 18.7. The van der Waals surface area contributed by atoms with Gasteiger partial charge in [-0.05, 0) is 24.3 Å². The Morgan fingerprint density at radius 1 is 1.03 bits per heavy atom. The first-order chi connectivity index (χ1) is 15.4. The molecule has 3 heterocycles. The average molecular weight is 461 g/mol. The van der Waals surface area contributed by atoms with Gasteiger partial charge < -0.3 is 14.6 Å². The Kier molecular flexibility index (Phi) is 6.92. The number of piperazine rings is 1. The smallest absolute Gasteiger partial charge is 0.243 e. The summed E-state index contributed by atoms with van der Waals surface area (Å²) in [7, 11) is -3.47. The van der Waals surface area contributed by atoms with Gasteiger partial charge >= 0.3 is 0 Å². The van der Waals surface area contributed by atoms with E-state index in [4.69, 9.17) is 4.42 Å². The highest BCUT2D eigenvalue weighted by Gasteiger charge is 2.35. The maximum Gasteiger partial charge on any atom is 0.243 e. The highest BCUT2D eigenvalue weighted by atomic mass is 32.2. The molecule has 2 aliphatic rings. The highest BCUT2D eigenvalue weighted by Crippen LogP contribution is 2.20. The number of hydrogen-bond donors (Lipinski definition) is 1. The van der Waals surface area contributed by atoms with E-state index in [1.165, 1.54) is 4.31 Å². The summed E-state index contributed by atoms with van der Waals surface area (Å²) in [5, 5.41) is 2.82. The second-order valence-electron chi connectivity index (χ2n) is 8.10. The van der Waals surface area contributed by atoms with Gasteiger partial charge in [0.15, 0.2) is 0 Å². The first-order valence-corrected chi connectivity index (χ1v) is 12.2. The van der Waals surface area contributed by atoms with E-state index in [2.05, 4.69) is 10.2 Å². The fraction of sp³-hybridized carbons (Fsp3) is 0.455. The van der Waals surface area contributed by atoms with Gasteiger partial charge in [0, 0.05) is 52.2 Å². The van der Waals surface area contributed by atoms with Crippen molar-refractivity contribution in [2.24, 2.45) is 5.92 Å². The van der Waals surface area contributed by atoms with Gasteiger partial charge in [0.25, 0.3) is 0 Å². The summed E-state index contributed by atoms with van der Waals surface area (Å²) in [5.41, 5.74) is 0. The van der Waals surface area contributed by atoms with E-state index in [1.54, 1.807) is 53.6 Å². The maximum atomic E-state index is 12.7. The van der Waals surface area contributed by atoms with Crippen molar-refractivity contribution < 1.29 is 22.4 Å². The highest BCUT2D eigenvalue weighted by molar-refractivity contribution is 7.89. The Balaban J connectivity index is 1.21. The standard InChI is InChI=1S/C22H28N4O5S/c27-21-15-18(22(28)23-16-19-5-4-14-31-19)17-25(21)11-8-24-9-12-26(13-10-24)32(29,30)20-6-2-1-3-7-20/h1-7,14,18H,8-13,15-17H2,(H,23,28). The molecule has 2 aliphatic heterocycles. The summed E-state index contributed by atoms with van der Waals surface area (Å²) >= 11 is 0. The van der Waals surface area contributed by atoms with Gasteiger partial charge in [-0.25, -0.2) is 8.42 Å². The summed E-state index contributed by atoms with van der Waals surface area (Å²) in [6.07, 6.45) is 1.77. The van der Waals surface area contributed by atoms with Gasteiger partial charge in [0.2, 0.25) is 21.8 Å². The molecule has 1 unspecified atom stereocenters. The lowest BCUT2D eigenvalue weighted by molar-refractivity contribution is -0.129. The third-order valence-corrected chi connectivity index (χ3v) is 7.91. The number of sulfonamides is 1. The minimum absolute atomic E-state index is 0.0200. The number of amides is 2. The molecule has 1 N–H and O–H groups in total. The van der Waals surface area contributed by atoms with Crippen LogP contribution in [0.3, 0.4) is 0 Å². The first-order valence-electron chi connectivity index (χ1n) is 10.8. The Morgan fingerprint density at radius 2 is 1.78 bits per heavy atom. The molecule has 0 bridgehead atoms. The molecule has 2 amide bonds. The van der Waals surface area contributed by atoms with Crippen LogP contribution in [0.25, 0.3) is 0 Å². The summed E-state index contributed by atoms with van der Waals surface area (Å²) in [5.74, 6) is 0.156. The van der Waals surface area contributed by atoms with E-state index in [-0.39, 0.29) is 24.2 Å². The van der Waals surface area contributed by atoms with Crippen LogP contribution in [0.2, 0.25) is 0 Å². The van der Waals surface area contributed by atoms with Gasteiger partial charge in [0.05, 0.1) is 23.6 Å². The third kappa shape index (κ3) is 5.20. The van der Waals surface area contributed by atoms with Crippen molar-refractivity contribution >= 4 is 21.8 Å². The van der Waals surface area contributed by atoms with Crippen LogP contribution in [0, 0.1) is 5.92 Å². The van der Waals surface area contributed by atoms with E-state index in [9.17, 15) is 18.0 Å². The molecule has 1 atom stereocenters. The second kappa shape index (κ2) is 9.85. The van der Waals surface area contributed by atoms with Crippen LogP contribution in [-0.4, -0.2) is 80.2 Å². The third-order valence-electron chi connectivity index (χ3n) is 6.00. The van der Waals surface area contributed by atoms with Crippen LogP contribution >= 0.6 is 0 Å². The van der Waals surface area contributed by atoms with Crippen molar-refractivity contribution in [3.63, 3.8) is 0 Å². The van der Waals surface area contributed by atoms with Crippen LogP contribution in [-0.2, 0) is 26.2 Å². The molecule has 2 saturated heterocycles. The van der Waals surface area contributed by atoms with E-state index >= 15 is 0 Å². The van der Waals surface area contributed by atoms with Crippen molar-refractivity contribution in [2.45, 2.75) is 17.9 Å². The maximum absolute atomic E-state index is 12.7. The predicted molar refractivity (Wildman–Crippen MR) is 117 cm³/mol. The van der Waals surface area contributed by atoms with Crippen molar-refractivity contribution in [2.75, 3.05) is 45.8 Å². The Hall–Kier alpha value is -2.69. The Labute approximate surface area is 188 Å². The number of hydrogen-bond acceptors (Lipinski definition) is 6. The molecule has 2 aromatic rings. The zero-order valence-electron chi connectivity index (χ0n) is 17.9. The number of likely N-dealkylation sites (tertiary alicyclic amines) is 1. The number of nitrogens with zero attached hydrogens (tertiary/aromatic N) is 3. The molecule has 10 heteroatoms. The lowest BCUT2D eigenvalue weighted by atomic mass is 10.1. The summed E-state index contributed by atoms with van der Waals surface area (Å²) in [4.78, 5) is 28.9. The molecule has 2 fully saturated rings.